The lowest BCUT2D eigenvalue weighted by Crippen LogP contribution is -2.55. The Bertz CT molecular complexity index is 1310. The number of nitrogens with one attached hydrogen (secondary N) is 2. The maximum Gasteiger partial charge on any atom is 0.255 e. The van der Waals surface area contributed by atoms with E-state index in [1.807, 2.05) is 18.2 Å². The summed E-state index contributed by atoms with van der Waals surface area (Å²) in [4.78, 5) is 28.5. The smallest absolute Gasteiger partial charge is 0.255 e. The molecule has 1 aliphatic heterocycles. The molecule has 0 radical (unpaired) electrons. The molecule has 0 saturated carbocycles. The average molecular weight is 582 g/mol. The maximum atomic E-state index is 13.3. The molecule has 1 heterocycles. The highest BCUT2D eigenvalue weighted by molar-refractivity contribution is 6.30. The van der Waals surface area contributed by atoms with Gasteiger partial charge in [0, 0.05) is 36.8 Å². The fourth-order valence-corrected chi connectivity index (χ4v) is 5.09. The molecule has 4 rings (SSSR count). The maximum absolute atomic E-state index is 13.3. The van der Waals surface area contributed by atoms with Crippen LogP contribution in [0.5, 0.6) is 11.5 Å². The standard InChI is InChI=1S/C31H36ClN3O6/c1-40-24-12-13-25(27(17-24)41-2)30(38)34-26(16-20-8-10-22(32)11-9-20)28(36)29(37)31(39)33-23-14-15-35(19-23)18-21-6-4-3-5-7-21/h3-13,17,23,26,28-29,36-37H,14-16,18-19H2,1-2H3,(H,33,39)(H,34,38). The van der Waals surface area contributed by atoms with E-state index in [1.165, 1.54) is 19.8 Å². The highest BCUT2D eigenvalue weighted by Gasteiger charge is 2.35. The Labute approximate surface area is 245 Å². The Balaban J connectivity index is 1.44. The zero-order valence-electron chi connectivity index (χ0n) is 23.1. The van der Waals surface area contributed by atoms with Gasteiger partial charge in [0.2, 0.25) is 0 Å². The molecule has 1 aliphatic rings. The molecule has 1 fully saturated rings. The second kappa shape index (κ2) is 14.3. The second-order valence-corrected chi connectivity index (χ2v) is 10.6. The fourth-order valence-electron chi connectivity index (χ4n) is 4.96. The first kappa shape index (κ1) is 30.3. The van der Waals surface area contributed by atoms with Crippen molar-refractivity contribution in [1.82, 2.24) is 15.5 Å². The molecular weight excluding hydrogens is 546 g/mol. The topological polar surface area (TPSA) is 120 Å². The zero-order chi connectivity index (χ0) is 29.4. The first-order chi connectivity index (χ1) is 19.8. The van der Waals surface area contributed by atoms with Crippen LogP contribution >= 0.6 is 11.6 Å². The van der Waals surface area contributed by atoms with Crippen molar-refractivity contribution in [2.45, 2.75) is 43.7 Å². The van der Waals surface area contributed by atoms with Crippen LogP contribution < -0.4 is 20.1 Å². The number of halogens is 1. The third-order valence-electron chi connectivity index (χ3n) is 7.21. The van der Waals surface area contributed by atoms with Crippen LogP contribution in [0.25, 0.3) is 0 Å². The van der Waals surface area contributed by atoms with Crippen LogP contribution in [0.15, 0.2) is 72.8 Å². The van der Waals surface area contributed by atoms with Crippen molar-refractivity contribution in [2.24, 2.45) is 0 Å². The number of carbonyl (C=O) groups excluding carboxylic acids is 2. The summed E-state index contributed by atoms with van der Waals surface area (Å²) in [5.74, 6) is -0.442. The molecule has 10 heteroatoms. The molecule has 0 spiro atoms. The monoisotopic (exact) mass is 581 g/mol. The van der Waals surface area contributed by atoms with E-state index < -0.39 is 30.1 Å². The molecule has 0 aliphatic carbocycles. The van der Waals surface area contributed by atoms with Gasteiger partial charge >= 0.3 is 0 Å². The third kappa shape index (κ3) is 8.20. The molecule has 4 unspecified atom stereocenters. The zero-order valence-corrected chi connectivity index (χ0v) is 23.9. The molecule has 4 N–H and O–H groups in total. The summed E-state index contributed by atoms with van der Waals surface area (Å²) in [5, 5.41) is 28.3. The van der Waals surface area contributed by atoms with Gasteiger partial charge in [-0.05, 0) is 48.2 Å². The van der Waals surface area contributed by atoms with Crippen LogP contribution in [0, 0.1) is 0 Å². The molecular formula is C31H36ClN3O6. The number of benzene rings is 3. The van der Waals surface area contributed by atoms with E-state index in [2.05, 4.69) is 27.7 Å². The minimum Gasteiger partial charge on any atom is -0.497 e. The molecule has 2 amide bonds. The Morgan fingerprint density at radius 2 is 1.73 bits per heavy atom. The van der Waals surface area contributed by atoms with Gasteiger partial charge in [-0.1, -0.05) is 54.1 Å². The van der Waals surface area contributed by atoms with Crippen LogP contribution in [0.4, 0.5) is 0 Å². The molecule has 218 valence electrons. The summed E-state index contributed by atoms with van der Waals surface area (Å²) >= 11 is 6.02. The normalized spacial score (nSPS) is 17.3. The van der Waals surface area contributed by atoms with Gasteiger partial charge in [0.25, 0.3) is 11.8 Å². The summed E-state index contributed by atoms with van der Waals surface area (Å²) in [6.45, 7) is 2.20. The van der Waals surface area contributed by atoms with Crippen molar-refractivity contribution in [3.8, 4) is 11.5 Å². The van der Waals surface area contributed by atoms with Gasteiger partial charge in [-0.2, -0.15) is 0 Å². The molecule has 41 heavy (non-hydrogen) atoms. The van der Waals surface area contributed by atoms with E-state index in [0.29, 0.717) is 17.3 Å². The van der Waals surface area contributed by atoms with Crippen molar-refractivity contribution in [2.75, 3.05) is 27.3 Å². The van der Waals surface area contributed by atoms with Gasteiger partial charge in [0.1, 0.15) is 17.6 Å². The van der Waals surface area contributed by atoms with Gasteiger partial charge in [0.05, 0.1) is 25.8 Å². The molecule has 3 aromatic carbocycles. The van der Waals surface area contributed by atoms with Gasteiger partial charge in [-0.3, -0.25) is 14.5 Å². The predicted octanol–water partition coefficient (Wildman–Crippen LogP) is 2.81. The summed E-state index contributed by atoms with van der Waals surface area (Å²) in [5.41, 5.74) is 2.15. The van der Waals surface area contributed by atoms with Crippen LogP contribution in [0.3, 0.4) is 0 Å². The lowest BCUT2D eigenvalue weighted by Gasteiger charge is -2.28. The lowest BCUT2D eigenvalue weighted by molar-refractivity contribution is -0.137. The van der Waals surface area contributed by atoms with Crippen molar-refractivity contribution >= 4 is 23.4 Å². The number of amides is 2. The van der Waals surface area contributed by atoms with E-state index in [9.17, 15) is 19.8 Å². The van der Waals surface area contributed by atoms with Gasteiger partial charge in [-0.25, -0.2) is 0 Å². The fraction of sp³-hybridized carbons (Fsp3) is 0.355. The Kier molecular flexibility index (Phi) is 10.6. The molecule has 9 nitrogen and oxygen atoms in total. The molecule has 4 atom stereocenters. The summed E-state index contributed by atoms with van der Waals surface area (Å²) in [6.07, 6.45) is -2.50. The van der Waals surface area contributed by atoms with Gasteiger partial charge in [0.15, 0.2) is 6.10 Å². The van der Waals surface area contributed by atoms with Crippen LogP contribution in [-0.2, 0) is 17.8 Å². The summed E-state index contributed by atoms with van der Waals surface area (Å²) < 4.78 is 10.6. The van der Waals surface area contributed by atoms with Crippen LogP contribution in [-0.4, -0.2) is 78.5 Å². The minimum absolute atomic E-state index is 0.140. The summed E-state index contributed by atoms with van der Waals surface area (Å²) in [7, 11) is 2.94. The number of likely N-dealkylation sites (tertiary alicyclic amines) is 1. The highest BCUT2D eigenvalue weighted by Crippen LogP contribution is 2.25. The van der Waals surface area contributed by atoms with Gasteiger partial charge < -0.3 is 30.3 Å². The predicted molar refractivity (Wildman–Crippen MR) is 156 cm³/mol. The minimum atomic E-state index is -1.77. The number of carbonyl (C=O) groups is 2. The van der Waals surface area contributed by atoms with E-state index in [-0.39, 0.29) is 23.8 Å². The van der Waals surface area contributed by atoms with Crippen molar-refractivity contribution in [3.63, 3.8) is 0 Å². The van der Waals surface area contributed by atoms with Crippen molar-refractivity contribution < 1.29 is 29.3 Å². The van der Waals surface area contributed by atoms with Crippen molar-refractivity contribution in [1.29, 1.82) is 0 Å². The number of aliphatic hydroxyl groups excluding tert-OH is 2. The summed E-state index contributed by atoms with van der Waals surface area (Å²) in [6, 6.07) is 20.5. The Morgan fingerprint density at radius 3 is 2.41 bits per heavy atom. The Hall–Kier alpha value is -3.63. The first-order valence-electron chi connectivity index (χ1n) is 13.5. The largest absolute Gasteiger partial charge is 0.497 e. The number of ether oxygens (including phenoxy) is 2. The van der Waals surface area contributed by atoms with Crippen LogP contribution in [0.1, 0.15) is 27.9 Å². The Morgan fingerprint density at radius 1 is 1.00 bits per heavy atom. The molecule has 3 aromatic rings. The number of nitrogens with zero attached hydrogens (tertiary/aromatic N) is 1. The average Bonchev–Trinajstić information content (AvgIpc) is 3.43. The SMILES string of the molecule is COc1ccc(C(=O)NC(Cc2ccc(Cl)cc2)C(O)C(O)C(=O)NC2CCN(Cc3ccccc3)C2)c(OC)c1. The number of hydrogen-bond acceptors (Lipinski definition) is 7. The number of hydrogen-bond donors (Lipinski definition) is 4. The first-order valence-corrected chi connectivity index (χ1v) is 13.8. The lowest BCUT2D eigenvalue weighted by atomic mass is 9.96. The molecule has 0 aromatic heterocycles. The second-order valence-electron chi connectivity index (χ2n) is 10.1. The molecule has 1 saturated heterocycles. The van der Waals surface area contributed by atoms with E-state index in [4.69, 9.17) is 21.1 Å². The van der Waals surface area contributed by atoms with E-state index in [1.54, 1.807) is 42.5 Å². The number of aliphatic hydroxyl groups is 2. The number of methoxy groups -OCH3 is 2. The highest BCUT2D eigenvalue weighted by atomic mass is 35.5. The van der Waals surface area contributed by atoms with Crippen LogP contribution in [0.2, 0.25) is 5.02 Å². The van der Waals surface area contributed by atoms with E-state index >= 15 is 0 Å². The molecule has 0 bridgehead atoms. The third-order valence-corrected chi connectivity index (χ3v) is 7.46. The van der Waals surface area contributed by atoms with E-state index in [0.717, 1.165) is 25.1 Å². The number of rotatable bonds is 12. The van der Waals surface area contributed by atoms with Gasteiger partial charge in [-0.15, -0.1) is 0 Å². The quantitative estimate of drug-likeness (QED) is 0.260. The van der Waals surface area contributed by atoms with Crippen molar-refractivity contribution in [3.05, 3.63) is 94.5 Å².